The van der Waals surface area contributed by atoms with E-state index in [-0.39, 0.29) is 11.5 Å². The first-order valence-electron chi connectivity index (χ1n) is 11.6. The molecule has 0 aliphatic heterocycles. The molecule has 152 valence electrons. The van der Waals surface area contributed by atoms with E-state index in [1.54, 1.807) is 0 Å². The van der Waals surface area contributed by atoms with Gasteiger partial charge in [-0.2, -0.15) is 0 Å². The molecule has 2 heteroatoms. The zero-order valence-electron chi connectivity index (χ0n) is 17.5. The van der Waals surface area contributed by atoms with Crippen LogP contribution in [-0.2, 0) is 0 Å². The van der Waals surface area contributed by atoms with Crippen molar-refractivity contribution in [2.24, 2.45) is 34.5 Å². The number of benzene rings is 1. The van der Waals surface area contributed by atoms with Crippen LogP contribution in [0.4, 0.5) is 0 Å². The van der Waals surface area contributed by atoms with Gasteiger partial charge in [0.25, 0.3) is 0 Å². The molecular formula is C26H35BrO. The van der Waals surface area contributed by atoms with Crippen LogP contribution < -0.4 is 0 Å². The van der Waals surface area contributed by atoms with Crippen LogP contribution in [-0.4, -0.2) is 11.2 Å². The van der Waals surface area contributed by atoms with Crippen LogP contribution in [0.5, 0.6) is 0 Å². The number of halogens is 1. The quantitative estimate of drug-likeness (QED) is 0.485. The summed E-state index contributed by atoms with van der Waals surface area (Å²) in [4.78, 5) is 0. The van der Waals surface area contributed by atoms with Crippen molar-refractivity contribution in [1.82, 2.24) is 0 Å². The molecule has 1 aromatic carbocycles. The van der Waals surface area contributed by atoms with Crippen LogP contribution >= 0.6 is 15.9 Å². The van der Waals surface area contributed by atoms with Crippen LogP contribution in [0.25, 0.3) is 6.08 Å². The van der Waals surface area contributed by atoms with E-state index in [1.165, 1.54) is 62.5 Å². The van der Waals surface area contributed by atoms with Gasteiger partial charge < -0.3 is 5.11 Å². The third-order valence-electron chi connectivity index (χ3n) is 9.65. The summed E-state index contributed by atoms with van der Waals surface area (Å²) in [7, 11) is 0. The Bertz CT molecular complexity index is 784. The summed E-state index contributed by atoms with van der Waals surface area (Å²) < 4.78 is 1.11. The number of hydrogen-bond donors (Lipinski definition) is 1. The van der Waals surface area contributed by atoms with E-state index in [4.69, 9.17) is 0 Å². The molecule has 7 unspecified atom stereocenters. The van der Waals surface area contributed by atoms with Crippen molar-refractivity contribution in [2.75, 3.05) is 0 Å². The molecule has 1 N–H and O–H groups in total. The van der Waals surface area contributed by atoms with E-state index < -0.39 is 0 Å². The van der Waals surface area contributed by atoms with E-state index in [0.29, 0.717) is 11.3 Å². The van der Waals surface area contributed by atoms with Gasteiger partial charge >= 0.3 is 0 Å². The lowest BCUT2D eigenvalue weighted by Gasteiger charge is -2.60. The smallest absolute Gasteiger partial charge is 0.0809 e. The number of aliphatic hydroxyl groups excluding tert-OH is 1. The van der Waals surface area contributed by atoms with Gasteiger partial charge in [-0.1, -0.05) is 60.8 Å². The molecule has 0 heterocycles. The molecule has 0 saturated heterocycles. The SMILES string of the molecule is CC12CCCCC1CCC1C2CCC2(C)C(O)/C(=C\c3cccc(Br)c3)CC12. The van der Waals surface area contributed by atoms with Gasteiger partial charge in [-0.05, 0) is 97.3 Å². The van der Waals surface area contributed by atoms with Crippen molar-refractivity contribution in [2.45, 2.75) is 77.7 Å². The molecule has 0 bridgehead atoms. The Morgan fingerprint density at radius 2 is 1.86 bits per heavy atom. The number of fused-ring (bicyclic) bond motifs is 5. The van der Waals surface area contributed by atoms with E-state index >= 15 is 0 Å². The molecule has 1 nitrogen and oxygen atoms in total. The van der Waals surface area contributed by atoms with E-state index in [0.717, 1.165) is 28.6 Å². The van der Waals surface area contributed by atoms with E-state index in [2.05, 4.69) is 60.1 Å². The lowest BCUT2D eigenvalue weighted by Crippen LogP contribution is -2.53. The molecule has 4 aliphatic rings. The third-order valence-corrected chi connectivity index (χ3v) is 10.1. The Kier molecular flexibility index (Phi) is 4.83. The predicted octanol–water partition coefficient (Wildman–Crippen LogP) is 7.24. The highest BCUT2D eigenvalue weighted by molar-refractivity contribution is 9.10. The Labute approximate surface area is 179 Å². The molecule has 0 amide bonds. The van der Waals surface area contributed by atoms with Crippen molar-refractivity contribution in [3.8, 4) is 0 Å². The van der Waals surface area contributed by atoms with Gasteiger partial charge in [0, 0.05) is 9.89 Å². The summed E-state index contributed by atoms with van der Waals surface area (Å²) in [6.45, 7) is 5.04. The number of rotatable bonds is 1. The molecule has 0 aromatic heterocycles. The lowest BCUT2D eigenvalue weighted by molar-refractivity contribution is -0.119. The second-order valence-electron chi connectivity index (χ2n) is 10.8. The Morgan fingerprint density at radius 3 is 2.68 bits per heavy atom. The zero-order valence-corrected chi connectivity index (χ0v) is 19.0. The van der Waals surface area contributed by atoms with Crippen molar-refractivity contribution in [3.63, 3.8) is 0 Å². The summed E-state index contributed by atoms with van der Waals surface area (Å²) in [6.07, 6.45) is 14.3. The Balaban J connectivity index is 1.46. The molecule has 4 aliphatic carbocycles. The third kappa shape index (κ3) is 2.88. The molecule has 28 heavy (non-hydrogen) atoms. The summed E-state index contributed by atoms with van der Waals surface area (Å²) in [5, 5.41) is 11.4. The van der Waals surface area contributed by atoms with Gasteiger partial charge in [0.15, 0.2) is 0 Å². The fourth-order valence-corrected chi connectivity index (χ4v) is 8.52. The normalized spacial score (nSPS) is 46.7. The summed E-state index contributed by atoms with van der Waals surface area (Å²) >= 11 is 3.59. The van der Waals surface area contributed by atoms with Crippen molar-refractivity contribution in [1.29, 1.82) is 0 Å². The Hall–Kier alpha value is -0.600. The van der Waals surface area contributed by atoms with Gasteiger partial charge in [-0.3, -0.25) is 0 Å². The van der Waals surface area contributed by atoms with Crippen LogP contribution in [0, 0.1) is 34.5 Å². The predicted molar refractivity (Wildman–Crippen MR) is 120 cm³/mol. The van der Waals surface area contributed by atoms with Gasteiger partial charge in [0.1, 0.15) is 0 Å². The molecular weight excluding hydrogens is 408 g/mol. The van der Waals surface area contributed by atoms with E-state index in [9.17, 15) is 5.11 Å². The number of hydrogen-bond acceptors (Lipinski definition) is 1. The molecule has 0 radical (unpaired) electrons. The van der Waals surface area contributed by atoms with Crippen LogP contribution in [0.15, 0.2) is 34.3 Å². The fourth-order valence-electron chi connectivity index (χ4n) is 8.10. The minimum absolute atomic E-state index is 0.0802. The van der Waals surface area contributed by atoms with Crippen molar-refractivity contribution >= 4 is 22.0 Å². The average molecular weight is 443 g/mol. The molecule has 7 atom stereocenters. The highest BCUT2D eigenvalue weighted by Crippen LogP contribution is 2.67. The number of aliphatic hydroxyl groups is 1. The maximum absolute atomic E-state index is 11.4. The van der Waals surface area contributed by atoms with Gasteiger partial charge in [-0.15, -0.1) is 0 Å². The molecule has 0 spiro atoms. The minimum atomic E-state index is -0.269. The van der Waals surface area contributed by atoms with Gasteiger partial charge in [-0.25, -0.2) is 0 Å². The van der Waals surface area contributed by atoms with Crippen LogP contribution in [0.3, 0.4) is 0 Å². The maximum Gasteiger partial charge on any atom is 0.0809 e. The minimum Gasteiger partial charge on any atom is -0.388 e. The van der Waals surface area contributed by atoms with Crippen molar-refractivity contribution < 1.29 is 5.11 Å². The monoisotopic (exact) mass is 442 g/mol. The lowest BCUT2D eigenvalue weighted by atomic mass is 9.45. The topological polar surface area (TPSA) is 20.2 Å². The van der Waals surface area contributed by atoms with E-state index in [1.807, 2.05) is 0 Å². The standard InChI is InChI=1S/C26H35BrO/c1-25-12-4-3-7-19(25)9-10-21-22(25)11-13-26(2)23(21)16-18(24(26)28)14-17-6-5-8-20(27)15-17/h5-6,8,14-15,19,21-24,28H,3-4,7,9-13,16H2,1-2H3/b18-14-. The van der Waals surface area contributed by atoms with Gasteiger partial charge in [0.05, 0.1) is 6.10 Å². The Morgan fingerprint density at radius 1 is 1.00 bits per heavy atom. The first-order valence-corrected chi connectivity index (χ1v) is 12.4. The highest BCUT2D eigenvalue weighted by atomic mass is 79.9. The average Bonchev–Trinajstić information content (AvgIpc) is 2.92. The van der Waals surface area contributed by atoms with Crippen molar-refractivity contribution in [3.05, 3.63) is 39.9 Å². The first-order chi connectivity index (χ1) is 13.4. The highest BCUT2D eigenvalue weighted by Gasteiger charge is 2.60. The summed E-state index contributed by atoms with van der Waals surface area (Å²) in [5.74, 6) is 3.34. The zero-order chi connectivity index (χ0) is 19.5. The van der Waals surface area contributed by atoms with Gasteiger partial charge in [0.2, 0.25) is 0 Å². The summed E-state index contributed by atoms with van der Waals surface area (Å²) in [5.41, 5.74) is 3.15. The second-order valence-corrected chi connectivity index (χ2v) is 11.7. The molecule has 4 fully saturated rings. The van der Waals surface area contributed by atoms with Crippen LogP contribution in [0.1, 0.15) is 77.2 Å². The largest absolute Gasteiger partial charge is 0.388 e. The van der Waals surface area contributed by atoms with Crippen LogP contribution in [0.2, 0.25) is 0 Å². The fraction of sp³-hybridized carbons (Fsp3) is 0.692. The molecule has 1 aromatic rings. The first kappa shape index (κ1) is 19.4. The second kappa shape index (κ2) is 6.98. The molecule has 5 rings (SSSR count). The maximum atomic E-state index is 11.4. The molecule has 4 saturated carbocycles. The summed E-state index contributed by atoms with van der Waals surface area (Å²) in [6, 6.07) is 8.49.